The van der Waals surface area contributed by atoms with Gasteiger partial charge in [-0.15, -0.1) is 11.3 Å². The first-order valence-electron chi connectivity index (χ1n) is 5.58. The van der Waals surface area contributed by atoms with E-state index in [4.69, 9.17) is 5.11 Å². The third-order valence-corrected chi connectivity index (χ3v) is 3.98. The number of thiophene rings is 1. The van der Waals surface area contributed by atoms with Crippen LogP contribution in [0.2, 0.25) is 0 Å². The molecule has 7 heteroatoms. The third kappa shape index (κ3) is 6.38. The molecular formula is C12H15NO4S2. The number of nitrogens with one attached hydrogen (secondary N) is 1. The van der Waals surface area contributed by atoms with Gasteiger partial charge in [0, 0.05) is 19.2 Å². The Morgan fingerprint density at radius 1 is 1.47 bits per heavy atom. The van der Waals surface area contributed by atoms with Gasteiger partial charge in [-0.25, -0.2) is 8.42 Å². The first-order chi connectivity index (χ1) is 8.92. The lowest BCUT2D eigenvalue weighted by molar-refractivity contribution is 0.0960. The molecule has 0 aliphatic heterocycles. The molecule has 0 aliphatic rings. The van der Waals surface area contributed by atoms with Crippen molar-refractivity contribution in [3.05, 3.63) is 21.9 Å². The van der Waals surface area contributed by atoms with Crippen molar-refractivity contribution in [2.75, 3.05) is 25.2 Å². The molecule has 0 saturated heterocycles. The van der Waals surface area contributed by atoms with E-state index in [1.54, 1.807) is 12.1 Å². The molecule has 0 bridgehead atoms. The Hall–Kier alpha value is -1.36. The summed E-state index contributed by atoms with van der Waals surface area (Å²) in [5.41, 5.74) is 0. The highest BCUT2D eigenvalue weighted by atomic mass is 32.2. The second kappa shape index (κ2) is 7.28. The molecule has 1 amide bonds. The highest BCUT2D eigenvalue weighted by Gasteiger charge is 2.09. The van der Waals surface area contributed by atoms with Crippen LogP contribution in [0.5, 0.6) is 0 Å². The maximum atomic E-state index is 11.7. The molecule has 0 spiro atoms. The molecule has 0 fully saturated rings. The Balaban J connectivity index is 2.52. The average molecular weight is 301 g/mol. The number of carbonyl (C=O) groups excluding carboxylic acids is 1. The lowest BCUT2D eigenvalue weighted by atomic mass is 10.4. The molecule has 0 saturated carbocycles. The Kier molecular flexibility index (Phi) is 6.02. The average Bonchev–Trinajstić information content (AvgIpc) is 2.76. The van der Waals surface area contributed by atoms with Crippen LogP contribution in [-0.2, 0) is 9.84 Å². The van der Waals surface area contributed by atoms with Crippen molar-refractivity contribution in [2.24, 2.45) is 0 Å². The standard InChI is InChI=1S/C12H15NO4S2/c1-19(16,17)9-7-13-12(15)11-6-5-10(18-11)4-2-3-8-14/h5-6,14H,3,7-9H2,1H3,(H,13,15). The highest BCUT2D eigenvalue weighted by molar-refractivity contribution is 7.90. The minimum absolute atomic E-state index is 0.0111. The number of carbonyl (C=O) groups is 1. The zero-order valence-electron chi connectivity index (χ0n) is 10.5. The van der Waals surface area contributed by atoms with Crippen molar-refractivity contribution in [1.82, 2.24) is 5.32 Å². The maximum absolute atomic E-state index is 11.7. The molecule has 0 atom stereocenters. The van der Waals surface area contributed by atoms with E-state index >= 15 is 0 Å². The number of hydrogen-bond acceptors (Lipinski definition) is 5. The first kappa shape index (κ1) is 15.7. The molecule has 1 aromatic heterocycles. The predicted octanol–water partition coefficient (Wildman–Crippen LogP) is 0.256. The second-order valence-corrected chi connectivity index (χ2v) is 7.17. The van der Waals surface area contributed by atoms with Crippen LogP contribution in [0.1, 0.15) is 21.0 Å². The zero-order valence-corrected chi connectivity index (χ0v) is 12.1. The topological polar surface area (TPSA) is 83.5 Å². The molecule has 1 heterocycles. The summed E-state index contributed by atoms with van der Waals surface area (Å²) >= 11 is 1.23. The van der Waals surface area contributed by atoms with Gasteiger partial charge >= 0.3 is 0 Å². The van der Waals surface area contributed by atoms with Crippen LogP contribution in [0.15, 0.2) is 12.1 Å². The number of sulfone groups is 1. The third-order valence-electron chi connectivity index (χ3n) is 2.04. The summed E-state index contributed by atoms with van der Waals surface area (Å²) in [5, 5.41) is 11.1. The second-order valence-electron chi connectivity index (χ2n) is 3.83. The van der Waals surface area contributed by atoms with Crippen LogP contribution in [0.3, 0.4) is 0 Å². The summed E-state index contributed by atoms with van der Waals surface area (Å²) in [5.74, 6) is 5.22. The summed E-state index contributed by atoms with van der Waals surface area (Å²) < 4.78 is 21.8. The van der Waals surface area contributed by atoms with Crippen LogP contribution in [-0.4, -0.2) is 44.6 Å². The van der Waals surface area contributed by atoms with E-state index in [1.807, 2.05) is 0 Å². The minimum Gasteiger partial charge on any atom is -0.395 e. The quantitative estimate of drug-likeness (QED) is 0.764. The lowest BCUT2D eigenvalue weighted by Crippen LogP contribution is -2.28. The van der Waals surface area contributed by atoms with Crippen molar-refractivity contribution < 1.29 is 18.3 Å². The highest BCUT2D eigenvalue weighted by Crippen LogP contribution is 2.15. The molecule has 0 aromatic carbocycles. The SMILES string of the molecule is CS(=O)(=O)CCNC(=O)c1ccc(C#CCCO)s1. The van der Waals surface area contributed by atoms with Crippen molar-refractivity contribution in [1.29, 1.82) is 0 Å². The van der Waals surface area contributed by atoms with Crippen molar-refractivity contribution in [2.45, 2.75) is 6.42 Å². The van der Waals surface area contributed by atoms with Gasteiger partial charge in [0.05, 0.1) is 22.1 Å². The number of rotatable bonds is 5. The fraction of sp³-hybridized carbons (Fsp3) is 0.417. The van der Waals surface area contributed by atoms with Gasteiger partial charge < -0.3 is 10.4 Å². The van der Waals surface area contributed by atoms with Gasteiger partial charge in [-0.2, -0.15) is 0 Å². The van der Waals surface area contributed by atoms with E-state index in [0.717, 1.165) is 11.1 Å². The van der Waals surface area contributed by atoms with Gasteiger partial charge in [0.1, 0.15) is 9.84 Å². The van der Waals surface area contributed by atoms with Gasteiger partial charge in [-0.3, -0.25) is 4.79 Å². The minimum atomic E-state index is -3.07. The molecule has 1 rings (SSSR count). The van der Waals surface area contributed by atoms with E-state index in [0.29, 0.717) is 11.3 Å². The van der Waals surface area contributed by atoms with E-state index in [2.05, 4.69) is 17.2 Å². The van der Waals surface area contributed by atoms with E-state index in [9.17, 15) is 13.2 Å². The normalized spacial score (nSPS) is 10.6. The van der Waals surface area contributed by atoms with Crippen molar-refractivity contribution in [3.8, 4) is 11.8 Å². The van der Waals surface area contributed by atoms with Crippen LogP contribution in [0, 0.1) is 11.8 Å². The molecule has 0 unspecified atom stereocenters. The van der Waals surface area contributed by atoms with E-state index in [-0.39, 0.29) is 24.8 Å². The molecule has 0 aliphatic carbocycles. The zero-order chi connectivity index (χ0) is 14.3. The number of aliphatic hydroxyl groups is 1. The summed E-state index contributed by atoms with van der Waals surface area (Å²) in [4.78, 5) is 12.9. The van der Waals surface area contributed by atoms with Gasteiger partial charge in [0.15, 0.2) is 0 Å². The van der Waals surface area contributed by atoms with Gasteiger partial charge in [-0.05, 0) is 12.1 Å². The largest absolute Gasteiger partial charge is 0.395 e. The summed E-state index contributed by atoms with van der Waals surface area (Å²) in [7, 11) is -3.07. The van der Waals surface area contributed by atoms with Crippen molar-refractivity contribution >= 4 is 27.1 Å². The lowest BCUT2D eigenvalue weighted by Gasteiger charge is -2.01. The Bertz CT molecular complexity index is 593. The smallest absolute Gasteiger partial charge is 0.261 e. The summed E-state index contributed by atoms with van der Waals surface area (Å²) in [6.45, 7) is 0.109. The molecule has 104 valence electrons. The number of amides is 1. The summed E-state index contributed by atoms with van der Waals surface area (Å²) in [6, 6.07) is 3.37. The van der Waals surface area contributed by atoms with Gasteiger partial charge in [0.25, 0.3) is 5.91 Å². The predicted molar refractivity (Wildman–Crippen MR) is 74.9 cm³/mol. The van der Waals surface area contributed by atoms with Gasteiger partial charge in [0.2, 0.25) is 0 Å². The van der Waals surface area contributed by atoms with Gasteiger partial charge in [-0.1, -0.05) is 11.8 Å². The van der Waals surface area contributed by atoms with Crippen LogP contribution < -0.4 is 5.32 Å². The molecule has 2 N–H and O–H groups in total. The molecule has 5 nitrogen and oxygen atoms in total. The van der Waals surface area contributed by atoms with E-state index in [1.165, 1.54) is 11.3 Å². The molecule has 1 aromatic rings. The molecule has 19 heavy (non-hydrogen) atoms. The van der Waals surface area contributed by atoms with Crippen molar-refractivity contribution in [3.63, 3.8) is 0 Å². The number of aliphatic hydroxyl groups excluding tert-OH is 1. The van der Waals surface area contributed by atoms with E-state index < -0.39 is 9.84 Å². The van der Waals surface area contributed by atoms with Crippen LogP contribution in [0.25, 0.3) is 0 Å². The maximum Gasteiger partial charge on any atom is 0.261 e. The Morgan fingerprint density at radius 2 is 2.21 bits per heavy atom. The summed E-state index contributed by atoms with van der Waals surface area (Å²) in [6.07, 6.45) is 1.52. The molecule has 0 radical (unpaired) electrons. The van der Waals surface area contributed by atoms with Crippen LogP contribution in [0.4, 0.5) is 0 Å². The monoisotopic (exact) mass is 301 g/mol. The fourth-order valence-electron chi connectivity index (χ4n) is 1.17. The first-order valence-corrected chi connectivity index (χ1v) is 8.45. The Labute approximate surface area is 116 Å². The van der Waals surface area contributed by atoms with Crippen LogP contribution >= 0.6 is 11.3 Å². The fourth-order valence-corrected chi connectivity index (χ4v) is 2.44. The Morgan fingerprint density at radius 3 is 2.84 bits per heavy atom. The molecular weight excluding hydrogens is 286 g/mol. The number of hydrogen-bond donors (Lipinski definition) is 2.